The average molecular weight is 263 g/mol. The van der Waals surface area contributed by atoms with Gasteiger partial charge >= 0.3 is 0 Å². The molecule has 3 nitrogen and oxygen atoms in total. The minimum absolute atomic E-state index is 0.104. The van der Waals surface area contributed by atoms with E-state index in [0.717, 1.165) is 36.7 Å². The van der Waals surface area contributed by atoms with E-state index in [1.54, 1.807) is 0 Å². The number of aliphatic hydroxyl groups is 1. The molecule has 0 amide bonds. The molecule has 1 N–H and O–H groups in total. The van der Waals surface area contributed by atoms with Gasteiger partial charge in [0.2, 0.25) is 0 Å². The van der Waals surface area contributed by atoms with Crippen LogP contribution < -0.4 is 0 Å². The molecule has 2 rings (SSSR count). The van der Waals surface area contributed by atoms with E-state index in [-0.39, 0.29) is 6.61 Å². The van der Waals surface area contributed by atoms with E-state index in [2.05, 4.69) is 28.9 Å². The quantitative estimate of drug-likeness (QED) is 0.794. The minimum atomic E-state index is -0.610. The predicted molar refractivity (Wildman–Crippen MR) is 73.6 cm³/mol. The maximum absolute atomic E-state index is 11.3. The summed E-state index contributed by atoms with van der Waals surface area (Å²) in [5, 5.41) is 8.61. The van der Waals surface area contributed by atoms with Crippen LogP contribution in [0.1, 0.15) is 11.1 Å². The molecule has 0 aliphatic carbocycles. The van der Waals surface area contributed by atoms with Gasteiger partial charge in [-0.25, -0.2) is 0 Å². The Morgan fingerprint density at radius 3 is 2.50 bits per heavy atom. The Labute approximate surface area is 110 Å². The third kappa shape index (κ3) is 3.95. The molecule has 1 fully saturated rings. The van der Waals surface area contributed by atoms with E-state index < -0.39 is 10.8 Å². The SMILES string of the molecule is O=S1CCN(Cc2ccc(C#CCO)cc2)CC1. The van der Waals surface area contributed by atoms with E-state index in [0.29, 0.717) is 0 Å². The average Bonchev–Trinajstić information content (AvgIpc) is 2.41. The molecule has 1 saturated heterocycles. The smallest absolute Gasteiger partial charge is 0.104 e. The zero-order valence-electron chi connectivity index (χ0n) is 10.3. The van der Waals surface area contributed by atoms with Crippen molar-refractivity contribution in [1.82, 2.24) is 4.90 Å². The summed E-state index contributed by atoms with van der Waals surface area (Å²) < 4.78 is 11.3. The van der Waals surface area contributed by atoms with Gasteiger partial charge in [0, 0.05) is 47.5 Å². The van der Waals surface area contributed by atoms with E-state index in [1.165, 1.54) is 5.56 Å². The maximum Gasteiger partial charge on any atom is 0.104 e. The molecule has 0 spiro atoms. The van der Waals surface area contributed by atoms with E-state index >= 15 is 0 Å². The molecule has 0 aromatic heterocycles. The Hall–Kier alpha value is -1.15. The first kappa shape index (κ1) is 13.3. The second kappa shape index (κ2) is 6.69. The lowest BCUT2D eigenvalue weighted by molar-refractivity contribution is 0.291. The molecule has 4 heteroatoms. The summed E-state index contributed by atoms with van der Waals surface area (Å²) in [4.78, 5) is 2.33. The van der Waals surface area contributed by atoms with Crippen molar-refractivity contribution in [2.24, 2.45) is 0 Å². The van der Waals surface area contributed by atoms with Crippen LogP contribution >= 0.6 is 0 Å². The molecule has 1 heterocycles. The summed E-state index contributed by atoms with van der Waals surface area (Å²) in [5.41, 5.74) is 2.17. The first-order valence-corrected chi connectivity index (χ1v) is 7.53. The fourth-order valence-corrected chi connectivity index (χ4v) is 3.05. The first-order chi connectivity index (χ1) is 8.78. The van der Waals surface area contributed by atoms with E-state index in [1.807, 2.05) is 12.1 Å². The highest BCUT2D eigenvalue weighted by Gasteiger charge is 2.14. The van der Waals surface area contributed by atoms with Crippen LogP contribution in [0.5, 0.6) is 0 Å². The van der Waals surface area contributed by atoms with Crippen molar-refractivity contribution in [3.63, 3.8) is 0 Å². The third-order valence-corrected chi connectivity index (χ3v) is 4.22. The zero-order valence-corrected chi connectivity index (χ0v) is 11.1. The second-order valence-electron chi connectivity index (χ2n) is 4.28. The molecule has 0 bridgehead atoms. The first-order valence-electron chi connectivity index (χ1n) is 6.04. The standard InChI is InChI=1S/C14H17NO2S/c16-9-1-2-13-3-5-14(6-4-13)12-15-7-10-18(17)11-8-15/h3-6,16H,7-12H2. The van der Waals surface area contributed by atoms with Crippen LogP contribution in [0.15, 0.2) is 24.3 Å². The van der Waals surface area contributed by atoms with Gasteiger partial charge in [-0.2, -0.15) is 0 Å². The summed E-state index contributed by atoms with van der Waals surface area (Å²) in [5.74, 6) is 7.09. The minimum Gasteiger partial charge on any atom is -0.384 e. The van der Waals surface area contributed by atoms with Crippen molar-refractivity contribution in [1.29, 1.82) is 0 Å². The van der Waals surface area contributed by atoms with Crippen molar-refractivity contribution in [3.8, 4) is 11.8 Å². The van der Waals surface area contributed by atoms with Gasteiger partial charge in [-0.05, 0) is 17.7 Å². The molecule has 0 unspecified atom stereocenters. The normalized spacial score (nSPS) is 17.2. The Morgan fingerprint density at radius 2 is 1.89 bits per heavy atom. The number of nitrogens with zero attached hydrogens (tertiary/aromatic N) is 1. The van der Waals surface area contributed by atoms with Crippen LogP contribution in [0.3, 0.4) is 0 Å². The van der Waals surface area contributed by atoms with Gasteiger partial charge in [-0.1, -0.05) is 24.0 Å². The third-order valence-electron chi connectivity index (χ3n) is 2.94. The number of benzene rings is 1. The lowest BCUT2D eigenvalue weighted by Crippen LogP contribution is -2.37. The van der Waals surface area contributed by atoms with Crippen LogP contribution in [0, 0.1) is 11.8 Å². The zero-order chi connectivity index (χ0) is 12.8. The molecule has 1 aliphatic rings. The van der Waals surface area contributed by atoms with Crippen LogP contribution in [0.2, 0.25) is 0 Å². The Balaban J connectivity index is 1.92. The van der Waals surface area contributed by atoms with Crippen LogP contribution in [0.4, 0.5) is 0 Å². The van der Waals surface area contributed by atoms with Gasteiger partial charge < -0.3 is 5.11 Å². The molecule has 1 aliphatic heterocycles. The largest absolute Gasteiger partial charge is 0.384 e. The van der Waals surface area contributed by atoms with Gasteiger partial charge in [-0.15, -0.1) is 0 Å². The molecular formula is C14H17NO2S. The summed E-state index contributed by atoms with van der Waals surface area (Å²) >= 11 is 0. The predicted octanol–water partition coefficient (Wildman–Crippen LogP) is 0.595. The van der Waals surface area contributed by atoms with Crippen LogP contribution in [-0.4, -0.2) is 45.4 Å². The Morgan fingerprint density at radius 1 is 1.22 bits per heavy atom. The summed E-state index contributed by atoms with van der Waals surface area (Å²) in [7, 11) is -0.610. The van der Waals surface area contributed by atoms with Gasteiger partial charge in [0.05, 0.1) is 0 Å². The monoisotopic (exact) mass is 263 g/mol. The number of rotatable bonds is 2. The lowest BCUT2D eigenvalue weighted by atomic mass is 10.1. The highest BCUT2D eigenvalue weighted by atomic mass is 32.2. The van der Waals surface area contributed by atoms with E-state index in [4.69, 9.17) is 5.11 Å². The maximum atomic E-state index is 11.3. The van der Waals surface area contributed by atoms with Crippen molar-refractivity contribution in [2.45, 2.75) is 6.54 Å². The number of aliphatic hydroxyl groups excluding tert-OH is 1. The van der Waals surface area contributed by atoms with E-state index in [9.17, 15) is 4.21 Å². The highest BCUT2D eigenvalue weighted by molar-refractivity contribution is 7.85. The number of hydrogen-bond donors (Lipinski definition) is 1. The topological polar surface area (TPSA) is 40.5 Å². The molecule has 1 aromatic rings. The molecule has 18 heavy (non-hydrogen) atoms. The molecule has 0 radical (unpaired) electrons. The lowest BCUT2D eigenvalue weighted by Gasteiger charge is -2.26. The Kier molecular flexibility index (Phi) is 4.94. The van der Waals surface area contributed by atoms with Gasteiger partial charge in [0.25, 0.3) is 0 Å². The molecular weight excluding hydrogens is 246 g/mol. The molecule has 0 atom stereocenters. The summed E-state index contributed by atoms with van der Waals surface area (Å²) in [6, 6.07) is 8.07. The van der Waals surface area contributed by atoms with Crippen molar-refractivity contribution < 1.29 is 9.32 Å². The van der Waals surface area contributed by atoms with Crippen LogP contribution in [-0.2, 0) is 17.3 Å². The van der Waals surface area contributed by atoms with Gasteiger partial charge in [0.15, 0.2) is 0 Å². The Bertz CT molecular complexity index is 463. The number of hydrogen-bond acceptors (Lipinski definition) is 3. The van der Waals surface area contributed by atoms with Gasteiger partial charge in [0.1, 0.15) is 6.61 Å². The van der Waals surface area contributed by atoms with Crippen LogP contribution in [0.25, 0.3) is 0 Å². The summed E-state index contributed by atoms with van der Waals surface area (Å²) in [6.45, 7) is 2.63. The van der Waals surface area contributed by atoms with Crippen molar-refractivity contribution in [3.05, 3.63) is 35.4 Å². The van der Waals surface area contributed by atoms with Crippen molar-refractivity contribution in [2.75, 3.05) is 31.2 Å². The fourth-order valence-electron chi connectivity index (χ4n) is 1.93. The highest BCUT2D eigenvalue weighted by Crippen LogP contribution is 2.09. The molecule has 0 saturated carbocycles. The van der Waals surface area contributed by atoms with Gasteiger partial charge in [-0.3, -0.25) is 9.11 Å². The molecule has 96 valence electrons. The van der Waals surface area contributed by atoms with Crippen molar-refractivity contribution >= 4 is 10.8 Å². The fraction of sp³-hybridized carbons (Fsp3) is 0.429. The molecule has 1 aromatic carbocycles. The second-order valence-corrected chi connectivity index (χ2v) is 5.98. The summed E-state index contributed by atoms with van der Waals surface area (Å²) in [6.07, 6.45) is 0.